The smallest absolute Gasteiger partial charge is 0.407 e. The summed E-state index contributed by atoms with van der Waals surface area (Å²) in [7, 11) is 2.92. The minimum atomic E-state index is -1.49. The van der Waals surface area contributed by atoms with Crippen LogP contribution in [0.25, 0.3) is 10.8 Å². The van der Waals surface area contributed by atoms with Gasteiger partial charge in [-0.15, -0.1) is 0 Å². The molecular formula is C30H40N2O7. The highest BCUT2D eigenvalue weighted by Crippen LogP contribution is 2.40. The number of esters is 1. The molecule has 4 rings (SSSR count). The van der Waals surface area contributed by atoms with E-state index < -0.39 is 41.1 Å². The number of aryl methyl sites for hydroxylation is 1. The summed E-state index contributed by atoms with van der Waals surface area (Å²) < 4.78 is 16.1. The standard InChI is InChI=1S/C30H40N2O7/c1-29(2,3)25-26(33)32-18-30(36,17-23(32)27(34)38-5)22-12-11-19-16-24(37-4)20(14-21(19)15-22)10-8-6-7-9-13-39-28(35)31-25/h11-12,14-16,23,25,36H,6-10,13,17-18H2,1-5H3,(H,31,35)/t23-,25+,30-/m0/s1. The lowest BCUT2D eigenvalue weighted by Crippen LogP contribution is -2.57. The van der Waals surface area contributed by atoms with Crippen molar-refractivity contribution >= 4 is 28.7 Å². The average molecular weight is 541 g/mol. The molecule has 2 heterocycles. The monoisotopic (exact) mass is 540 g/mol. The fourth-order valence-corrected chi connectivity index (χ4v) is 5.58. The lowest BCUT2D eigenvalue weighted by atomic mass is 9.85. The maximum atomic E-state index is 13.9. The van der Waals surface area contributed by atoms with Crippen molar-refractivity contribution in [3.63, 3.8) is 0 Å². The van der Waals surface area contributed by atoms with Gasteiger partial charge >= 0.3 is 12.1 Å². The van der Waals surface area contributed by atoms with Crippen LogP contribution in [-0.2, 0) is 31.1 Å². The minimum absolute atomic E-state index is 0.0265. The van der Waals surface area contributed by atoms with E-state index in [9.17, 15) is 19.5 Å². The Bertz CT molecular complexity index is 1240. The molecule has 212 valence electrons. The lowest BCUT2D eigenvalue weighted by molar-refractivity contribution is -0.152. The Morgan fingerprint density at radius 1 is 1.08 bits per heavy atom. The van der Waals surface area contributed by atoms with Crippen molar-refractivity contribution in [1.82, 2.24) is 10.2 Å². The Balaban J connectivity index is 1.79. The summed E-state index contributed by atoms with van der Waals surface area (Å²) in [6.07, 6.45) is 3.65. The van der Waals surface area contributed by atoms with Crippen molar-refractivity contribution < 1.29 is 33.7 Å². The van der Waals surface area contributed by atoms with E-state index in [-0.39, 0.29) is 19.6 Å². The first-order valence-corrected chi connectivity index (χ1v) is 13.6. The second-order valence-electron chi connectivity index (χ2n) is 11.7. The Kier molecular flexibility index (Phi) is 8.39. The first kappa shape index (κ1) is 28.7. The van der Waals surface area contributed by atoms with Crippen molar-refractivity contribution in [2.75, 3.05) is 27.4 Å². The molecule has 9 heteroatoms. The van der Waals surface area contributed by atoms with E-state index in [1.807, 2.05) is 45.0 Å². The quantitative estimate of drug-likeness (QED) is 0.552. The Morgan fingerprint density at radius 2 is 1.82 bits per heavy atom. The SMILES string of the molecule is COC(=O)[C@@H]1C[C@]2(O)CN1C(=O)[C@H](C(C)(C)C)NC(=O)OCCCCCCc1cc3cc2ccc3cc1OC. The summed E-state index contributed by atoms with van der Waals surface area (Å²) in [5, 5.41) is 16.5. The molecule has 2 amide bonds. The highest BCUT2D eigenvalue weighted by atomic mass is 16.5. The second-order valence-corrected chi connectivity index (χ2v) is 11.7. The van der Waals surface area contributed by atoms with Gasteiger partial charge in [0.2, 0.25) is 5.91 Å². The topological polar surface area (TPSA) is 114 Å². The van der Waals surface area contributed by atoms with Gasteiger partial charge < -0.3 is 29.5 Å². The molecule has 0 aromatic heterocycles. The molecule has 2 aromatic rings. The van der Waals surface area contributed by atoms with E-state index in [0.29, 0.717) is 12.0 Å². The molecule has 2 aliphatic rings. The molecule has 0 aliphatic carbocycles. The number of methoxy groups -OCH3 is 2. The van der Waals surface area contributed by atoms with Crippen LogP contribution in [0.4, 0.5) is 4.79 Å². The number of fused-ring (bicyclic) bond motifs is 5. The van der Waals surface area contributed by atoms with Crippen molar-refractivity contribution in [3.05, 3.63) is 41.5 Å². The highest BCUT2D eigenvalue weighted by molar-refractivity contribution is 5.91. The number of rotatable bonds is 2. The summed E-state index contributed by atoms with van der Waals surface area (Å²) >= 11 is 0. The van der Waals surface area contributed by atoms with Crippen LogP contribution < -0.4 is 10.1 Å². The van der Waals surface area contributed by atoms with Gasteiger partial charge in [-0.3, -0.25) is 4.79 Å². The summed E-state index contributed by atoms with van der Waals surface area (Å²) in [4.78, 5) is 40.7. The molecule has 3 atom stereocenters. The molecule has 2 N–H and O–H groups in total. The maximum Gasteiger partial charge on any atom is 0.407 e. The number of ether oxygens (including phenoxy) is 3. The van der Waals surface area contributed by atoms with Crippen LogP contribution in [-0.4, -0.2) is 67.4 Å². The third-order valence-corrected chi connectivity index (χ3v) is 7.82. The third kappa shape index (κ3) is 6.13. The van der Waals surface area contributed by atoms with Gasteiger partial charge in [0, 0.05) is 6.42 Å². The summed E-state index contributed by atoms with van der Waals surface area (Å²) in [6, 6.07) is 7.77. The van der Waals surface area contributed by atoms with Gasteiger partial charge in [0.1, 0.15) is 23.4 Å². The molecule has 2 aliphatic heterocycles. The molecule has 39 heavy (non-hydrogen) atoms. The van der Waals surface area contributed by atoms with Crippen molar-refractivity contribution in [2.45, 2.75) is 77.0 Å². The number of hydrogen-bond acceptors (Lipinski definition) is 7. The number of aliphatic hydroxyl groups is 1. The maximum absolute atomic E-state index is 13.9. The van der Waals surface area contributed by atoms with Crippen LogP contribution in [0.5, 0.6) is 5.75 Å². The largest absolute Gasteiger partial charge is 0.496 e. The Labute approximate surface area is 229 Å². The molecule has 0 saturated carbocycles. The zero-order valence-electron chi connectivity index (χ0n) is 23.5. The summed E-state index contributed by atoms with van der Waals surface area (Å²) in [5.74, 6) is -0.280. The fraction of sp³-hybridized carbons (Fsp3) is 0.567. The van der Waals surface area contributed by atoms with Crippen molar-refractivity contribution in [3.8, 4) is 5.75 Å². The van der Waals surface area contributed by atoms with Crippen LogP contribution in [0.15, 0.2) is 30.3 Å². The molecule has 0 spiro atoms. The normalized spacial score (nSPS) is 25.0. The van der Waals surface area contributed by atoms with E-state index in [1.165, 1.54) is 12.0 Å². The van der Waals surface area contributed by atoms with Gasteiger partial charge in [0.25, 0.3) is 0 Å². The number of nitrogens with one attached hydrogen (secondary N) is 1. The number of nitrogens with zero attached hydrogens (tertiary/aromatic N) is 1. The first-order chi connectivity index (χ1) is 18.5. The van der Waals surface area contributed by atoms with Gasteiger partial charge in [-0.25, -0.2) is 9.59 Å². The summed E-state index contributed by atoms with van der Waals surface area (Å²) in [5.41, 5.74) is -0.497. The number of cyclic esters (lactones) is 1. The zero-order chi connectivity index (χ0) is 28.4. The number of alkyl carbamates (subject to hydrolysis) is 1. The van der Waals surface area contributed by atoms with E-state index in [0.717, 1.165) is 47.8 Å². The van der Waals surface area contributed by atoms with Crippen LogP contribution >= 0.6 is 0 Å². The molecule has 0 unspecified atom stereocenters. The predicted octanol–water partition coefficient (Wildman–Crippen LogP) is 4.07. The van der Waals surface area contributed by atoms with Crippen LogP contribution in [0.1, 0.15) is 64.0 Å². The number of amides is 2. The van der Waals surface area contributed by atoms with Crippen LogP contribution in [0, 0.1) is 5.41 Å². The minimum Gasteiger partial charge on any atom is -0.496 e. The third-order valence-electron chi connectivity index (χ3n) is 7.82. The molecule has 0 radical (unpaired) electrons. The van der Waals surface area contributed by atoms with Gasteiger partial charge in [0.15, 0.2) is 0 Å². The predicted molar refractivity (Wildman–Crippen MR) is 146 cm³/mol. The molecule has 1 fully saturated rings. The molecule has 2 aromatic carbocycles. The average Bonchev–Trinajstić information content (AvgIpc) is 3.27. The van der Waals surface area contributed by atoms with Crippen molar-refractivity contribution in [2.24, 2.45) is 5.41 Å². The van der Waals surface area contributed by atoms with E-state index in [2.05, 4.69) is 11.4 Å². The number of hydrogen-bond donors (Lipinski definition) is 2. The lowest BCUT2D eigenvalue weighted by Gasteiger charge is -2.35. The van der Waals surface area contributed by atoms with Gasteiger partial charge in [-0.1, -0.05) is 45.7 Å². The molecule has 5 bridgehead atoms. The van der Waals surface area contributed by atoms with Gasteiger partial charge in [-0.2, -0.15) is 0 Å². The van der Waals surface area contributed by atoms with E-state index >= 15 is 0 Å². The number of carbonyl (C=O) groups is 3. The first-order valence-electron chi connectivity index (χ1n) is 13.6. The zero-order valence-corrected chi connectivity index (χ0v) is 23.5. The van der Waals surface area contributed by atoms with Crippen LogP contribution in [0.3, 0.4) is 0 Å². The van der Waals surface area contributed by atoms with Crippen molar-refractivity contribution in [1.29, 1.82) is 0 Å². The molecular weight excluding hydrogens is 500 g/mol. The number of carbonyl (C=O) groups excluding carboxylic acids is 3. The van der Waals surface area contributed by atoms with Crippen LogP contribution in [0.2, 0.25) is 0 Å². The fourth-order valence-electron chi connectivity index (χ4n) is 5.58. The Morgan fingerprint density at radius 3 is 2.51 bits per heavy atom. The van der Waals surface area contributed by atoms with Gasteiger partial charge in [0.05, 0.1) is 27.4 Å². The Hall–Kier alpha value is -3.33. The number of benzene rings is 2. The second kappa shape index (κ2) is 11.4. The molecule has 9 nitrogen and oxygen atoms in total. The highest BCUT2D eigenvalue weighted by Gasteiger charge is 2.52. The molecule has 1 saturated heterocycles. The van der Waals surface area contributed by atoms with E-state index in [4.69, 9.17) is 14.2 Å². The van der Waals surface area contributed by atoms with Gasteiger partial charge in [-0.05, 0) is 64.8 Å². The van der Waals surface area contributed by atoms with E-state index in [1.54, 1.807) is 7.11 Å². The summed E-state index contributed by atoms with van der Waals surface area (Å²) in [6.45, 7) is 5.61.